The largest absolute Gasteiger partial charge is 0.378 e. The van der Waals surface area contributed by atoms with Gasteiger partial charge >= 0.3 is 0 Å². The van der Waals surface area contributed by atoms with Gasteiger partial charge in [0.25, 0.3) is 0 Å². The Labute approximate surface area is 136 Å². The van der Waals surface area contributed by atoms with Gasteiger partial charge in [-0.2, -0.15) is 0 Å². The summed E-state index contributed by atoms with van der Waals surface area (Å²) in [5.41, 5.74) is 2.08. The van der Waals surface area contributed by atoms with Crippen molar-refractivity contribution in [1.29, 1.82) is 0 Å². The Bertz CT molecular complexity index is 665. The zero-order valence-corrected chi connectivity index (χ0v) is 13.5. The molecule has 22 heavy (non-hydrogen) atoms. The maximum Gasteiger partial charge on any atom is 0.133 e. The Hall–Kier alpha value is -1.39. The molecule has 4 heteroatoms. The summed E-state index contributed by atoms with van der Waals surface area (Å²) in [5, 5.41) is 1.10. The van der Waals surface area contributed by atoms with Crippen molar-refractivity contribution in [3.8, 4) is 0 Å². The van der Waals surface area contributed by atoms with Gasteiger partial charge < -0.3 is 4.74 Å². The molecule has 2 heterocycles. The first-order chi connectivity index (χ1) is 10.7. The molecule has 1 atom stereocenters. The van der Waals surface area contributed by atoms with Gasteiger partial charge in [-0.05, 0) is 43.4 Å². The van der Waals surface area contributed by atoms with Crippen LogP contribution in [0.1, 0.15) is 37.7 Å². The second kappa shape index (κ2) is 7.25. The van der Waals surface area contributed by atoms with E-state index in [0.717, 1.165) is 48.1 Å². The van der Waals surface area contributed by atoms with Crippen LogP contribution >= 0.6 is 12.6 Å². The van der Waals surface area contributed by atoms with Crippen LogP contribution in [0.5, 0.6) is 0 Å². The Kier molecular flexibility index (Phi) is 5.11. The number of benzene rings is 1. The number of aromatic nitrogens is 1. The highest BCUT2D eigenvalue weighted by Gasteiger charge is 2.16. The monoisotopic (exact) mass is 315 g/mol. The van der Waals surface area contributed by atoms with E-state index in [1.54, 1.807) is 6.20 Å². The molecule has 0 bridgehead atoms. The smallest absolute Gasteiger partial charge is 0.133 e. The maximum atomic E-state index is 12.1. The van der Waals surface area contributed by atoms with Gasteiger partial charge in [-0.1, -0.05) is 12.1 Å². The highest BCUT2D eigenvalue weighted by Crippen LogP contribution is 2.24. The van der Waals surface area contributed by atoms with Gasteiger partial charge in [-0.15, -0.1) is 12.6 Å². The minimum Gasteiger partial charge on any atom is -0.378 e. The minimum atomic E-state index is 0.303. The first kappa shape index (κ1) is 15.5. The van der Waals surface area contributed by atoms with E-state index in [4.69, 9.17) is 4.74 Å². The highest BCUT2D eigenvalue weighted by atomic mass is 32.1. The van der Waals surface area contributed by atoms with Gasteiger partial charge in [0.15, 0.2) is 0 Å². The van der Waals surface area contributed by atoms with Crippen molar-refractivity contribution in [3.63, 3.8) is 0 Å². The van der Waals surface area contributed by atoms with Crippen LogP contribution in [0, 0.1) is 0 Å². The van der Waals surface area contributed by atoms with E-state index in [1.807, 2.05) is 18.2 Å². The molecular formula is C18H21NO2S. The number of nitrogens with zero attached hydrogens (tertiary/aromatic N) is 1. The summed E-state index contributed by atoms with van der Waals surface area (Å²) in [4.78, 5) is 17.3. The SMILES string of the molecule is O=C(CCc1ccc(S)c2ncccc12)CCC1CCCO1. The van der Waals surface area contributed by atoms with E-state index in [1.165, 1.54) is 5.56 Å². The lowest BCUT2D eigenvalue weighted by Gasteiger charge is -2.09. The lowest BCUT2D eigenvalue weighted by Crippen LogP contribution is -2.09. The zero-order chi connectivity index (χ0) is 15.4. The molecule has 1 aromatic carbocycles. The Morgan fingerprint density at radius 3 is 3.05 bits per heavy atom. The molecule has 3 nitrogen and oxygen atoms in total. The van der Waals surface area contributed by atoms with Crippen LogP contribution < -0.4 is 0 Å². The topological polar surface area (TPSA) is 39.2 Å². The van der Waals surface area contributed by atoms with Crippen molar-refractivity contribution in [1.82, 2.24) is 4.98 Å². The zero-order valence-electron chi connectivity index (χ0n) is 12.6. The molecule has 3 rings (SSSR count). The summed E-state index contributed by atoms with van der Waals surface area (Å²) in [5.74, 6) is 0.322. The van der Waals surface area contributed by atoms with E-state index < -0.39 is 0 Å². The second-order valence-electron chi connectivity index (χ2n) is 5.86. The number of carbonyl (C=O) groups is 1. The van der Waals surface area contributed by atoms with Gasteiger partial charge in [-0.3, -0.25) is 9.78 Å². The van der Waals surface area contributed by atoms with Crippen molar-refractivity contribution in [2.75, 3.05) is 6.61 Å². The predicted octanol–water partition coefficient (Wildman–Crippen LogP) is 3.98. The minimum absolute atomic E-state index is 0.303. The normalized spacial score (nSPS) is 18.0. The van der Waals surface area contributed by atoms with E-state index in [9.17, 15) is 4.79 Å². The van der Waals surface area contributed by atoms with Crippen LogP contribution in [0.15, 0.2) is 35.4 Å². The molecule has 1 saturated heterocycles. The van der Waals surface area contributed by atoms with Crippen molar-refractivity contribution < 1.29 is 9.53 Å². The molecule has 1 aliphatic heterocycles. The number of Topliss-reactive ketones (excluding diaryl/α,β-unsaturated/α-hetero) is 1. The third kappa shape index (κ3) is 3.68. The molecular weight excluding hydrogens is 294 g/mol. The van der Waals surface area contributed by atoms with E-state index in [-0.39, 0.29) is 0 Å². The molecule has 1 aliphatic rings. The molecule has 1 unspecified atom stereocenters. The number of hydrogen-bond acceptors (Lipinski definition) is 4. The third-order valence-electron chi connectivity index (χ3n) is 4.28. The van der Waals surface area contributed by atoms with Crippen molar-refractivity contribution in [2.45, 2.75) is 49.5 Å². The molecule has 0 spiro atoms. The van der Waals surface area contributed by atoms with Crippen LogP contribution in [0.2, 0.25) is 0 Å². The van der Waals surface area contributed by atoms with Crippen molar-refractivity contribution in [2.24, 2.45) is 0 Å². The van der Waals surface area contributed by atoms with Crippen LogP contribution in [0.3, 0.4) is 0 Å². The number of ketones is 1. The van der Waals surface area contributed by atoms with Crippen LogP contribution in [-0.2, 0) is 16.0 Å². The van der Waals surface area contributed by atoms with Gasteiger partial charge in [0.1, 0.15) is 5.78 Å². The molecule has 0 aliphatic carbocycles. The number of carbonyl (C=O) groups excluding carboxylic acids is 1. The standard InChI is InChI=1S/C18H21NO2S/c20-14(8-9-15-3-2-12-21-15)7-5-13-6-10-17(22)18-16(13)4-1-11-19-18/h1,4,6,10-11,15,22H,2-3,5,7-9,12H2. The van der Waals surface area contributed by atoms with Crippen molar-refractivity contribution in [3.05, 3.63) is 36.0 Å². The van der Waals surface area contributed by atoms with Gasteiger partial charge in [-0.25, -0.2) is 0 Å². The fourth-order valence-electron chi connectivity index (χ4n) is 3.03. The average molecular weight is 315 g/mol. The summed E-state index contributed by atoms with van der Waals surface area (Å²) in [6, 6.07) is 8.00. The molecule has 0 saturated carbocycles. The number of thiol groups is 1. The molecule has 0 N–H and O–H groups in total. The highest BCUT2D eigenvalue weighted by molar-refractivity contribution is 7.80. The van der Waals surface area contributed by atoms with E-state index in [0.29, 0.717) is 24.7 Å². The number of aryl methyl sites for hydroxylation is 1. The second-order valence-corrected chi connectivity index (χ2v) is 6.34. The fraction of sp³-hybridized carbons (Fsp3) is 0.444. The lowest BCUT2D eigenvalue weighted by molar-refractivity contribution is -0.119. The fourth-order valence-corrected chi connectivity index (χ4v) is 3.28. The van der Waals surface area contributed by atoms with Gasteiger partial charge in [0.2, 0.25) is 0 Å². The lowest BCUT2D eigenvalue weighted by atomic mass is 10.00. The van der Waals surface area contributed by atoms with Crippen LogP contribution in [0.4, 0.5) is 0 Å². The maximum absolute atomic E-state index is 12.1. The van der Waals surface area contributed by atoms with E-state index >= 15 is 0 Å². The van der Waals surface area contributed by atoms with Crippen molar-refractivity contribution >= 4 is 29.3 Å². The quantitative estimate of drug-likeness (QED) is 0.819. The molecule has 116 valence electrons. The van der Waals surface area contributed by atoms with Gasteiger partial charge in [0.05, 0.1) is 11.6 Å². The first-order valence-electron chi connectivity index (χ1n) is 7.93. The molecule has 0 radical (unpaired) electrons. The van der Waals surface area contributed by atoms with Crippen LogP contribution in [0.25, 0.3) is 10.9 Å². The first-order valence-corrected chi connectivity index (χ1v) is 8.37. The Morgan fingerprint density at radius 1 is 1.32 bits per heavy atom. The average Bonchev–Trinajstić information content (AvgIpc) is 3.06. The number of ether oxygens (including phenoxy) is 1. The van der Waals surface area contributed by atoms with E-state index in [2.05, 4.69) is 23.7 Å². The number of fused-ring (bicyclic) bond motifs is 1. The molecule has 1 aromatic heterocycles. The summed E-state index contributed by atoms with van der Waals surface area (Å²) in [6.45, 7) is 0.855. The summed E-state index contributed by atoms with van der Waals surface area (Å²) in [6.07, 6.45) is 7.17. The Balaban J connectivity index is 1.59. The Morgan fingerprint density at radius 2 is 2.23 bits per heavy atom. The molecule has 1 fully saturated rings. The van der Waals surface area contributed by atoms with Gasteiger partial charge in [0, 0.05) is 35.9 Å². The molecule has 2 aromatic rings. The number of rotatable bonds is 6. The number of pyridine rings is 1. The summed E-state index contributed by atoms with van der Waals surface area (Å²) >= 11 is 4.45. The molecule has 0 amide bonds. The summed E-state index contributed by atoms with van der Waals surface area (Å²) < 4.78 is 5.57. The summed E-state index contributed by atoms with van der Waals surface area (Å²) in [7, 11) is 0. The predicted molar refractivity (Wildman–Crippen MR) is 90.5 cm³/mol. The van der Waals surface area contributed by atoms with Crippen LogP contribution in [-0.4, -0.2) is 23.5 Å². The number of hydrogen-bond donors (Lipinski definition) is 1. The third-order valence-corrected chi connectivity index (χ3v) is 4.64.